The molecule has 0 N–H and O–H groups in total. The Hall–Kier alpha value is -1.45. The lowest BCUT2D eigenvalue weighted by Crippen LogP contribution is -2.42. The Labute approximate surface area is 167 Å². The van der Waals surface area contributed by atoms with Crippen molar-refractivity contribution in [3.05, 3.63) is 65.7 Å². The lowest BCUT2D eigenvalue weighted by Gasteiger charge is -2.29. The molecule has 0 spiro atoms. The maximum atomic E-state index is 13.4. The Morgan fingerprint density at radius 2 is 1.73 bits per heavy atom. The number of esters is 1. The average Bonchev–Trinajstić information content (AvgIpc) is 3.00. The SMILES string of the molecule is COC(=O)[C@@H]1C[C@H](I)[C@@H](c2ccccc2)N1S(=O)(=O)c1ccc(C)cc1. The molecule has 1 fully saturated rings. The number of carbonyl (C=O) groups is 1. The van der Waals surface area contributed by atoms with E-state index in [0.29, 0.717) is 6.42 Å². The summed E-state index contributed by atoms with van der Waals surface area (Å²) in [6.07, 6.45) is 0.415. The minimum Gasteiger partial charge on any atom is -0.468 e. The molecule has 0 aliphatic carbocycles. The number of halogens is 1. The molecule has 7 heteroatoms. The van der Waals surface area contributed by atoms with E-state index >= 15 is 0 Å². The molecular formula is C19H20INO4S. The highest BCUT2D eigenvalue weighted by molar-refractivity contribution is 14.1. The van der Waals surface area contributed by atoms with Gasteiger partial charge in [-0.25, -0.2) is 8.42 Å². The second-order valence-electron chi connectivity index (χ2n) is 6.29. The molecule has 5 nitrogen and oxygen atoms in total. The van der Waals surface area contributed by atoms with E-state index in [9.17, 15) is 13.2 Å². The summed E-state index contributed by atoms with van der Waals surface area (Å²) >= 11 is 2.23. The quantitative estimate of drug-likeness (QED) is 0.378. The number of ether oxygens (including phenoxy) is 1. The third-order valence-electron chi connectivity index (χ3n) is 4.58. The predicted octanol–water partition coefficient (Wildman–Crippen LogP) is 3.48. The molecule has 0 radical (unpaired) electrons. The summed E-state index contributed by atoms with van der Waals surface area (Å²) < 4.78 is 33.0. The summed E-state index contributed by atoms with van der Waals surface area (Å²) in [5.74, 6) is -0.527. The highest BCUT2D eigenvalue weighted by atomic mass is 127. The average molecular weight is 485 g/mol. The van der Waals surface area contributed by atoms with Gasteiger partial charge in [-0.1, -0.05) is 70.6 Å². The first kappa shape index (κ1) is 19.3. The molecule has 0 bridgehead atoms. The molecule has 1 aliphatic rings. The zero-order valence-corrected chi connectivity index (χ0v) is 17.5. The molecule has 2 aromatic rings. The standard InChI is InChI=1S/C19H20INO4S/c1-13-8-10-15(11-9-13)26(23,24)21-17(19(22)25-2)12-16(20)18(21)14-6-4-3-5-7-14/h3-11,16-18H,12H2,1-2H3/t16-,17-,18+/m0/s1. The third-order valence-corrected chi connectivity index (χ3v) is 7.68. The Morgan fingerprint density at radius 1 is 1.12 bits per heavy atom. The van der Waals surface area contributed by atoms with Crippen molar-refractivity contribution in [1.82, 2.24) is 4.31 Å². The van der Waals surface area contributed by atoms with Crippen molar-refractivity contribution in [1.29, 1.82) is 0 Å². The van der Waals surface area contributed by atoms with Crippen LogP contribution >= 0.6 is 22.6 Å². The predicted molar refractivity (Wildman–Crippen MR) is 108 cm³/mol. The van der Waals surface area contributed by atoms with Crippen LogP contribution in [0.4, 0.5) is 0 Å². The Bertz CT molecular complexity index is 884. The molecule has 2 aromatic carbocycles. The van der Waals surface area contributed by atoms with E-state index in [-0.39, 0.29) is 8.82 Å². The highest BCUT2D eigenvalue weighted by Gasteiger charge is 2.51. The van der Waals surface area contributed by atoms with Crippen LogP contribution in [0.15, 0.2) is 59.5 Å². The van der Waals surface area contributed by atoms with Crippen molar-refractivity contribution in [2.45, 2.75) is 34.2 Å². The molecule has 1 heterocycles. The van der Waals surface area contributed by atoms with Gasteiger partial charge < -0.3 is 4.74 Å². The van der Waals surface area contributed by atoms with Gasteiger partial charge in [-0.05, 0) is 31.0 Å². The smallest absolute Gasteiger partial charge is 0.324 e. The van der Waals surface area contributed by atoms with Crippen LogP contribution in [-0.2, 0) is 19.6 Å². The molecule has 26 heavy (non-hydrogen) atoms. The van der Waals surface area contributed by atoms with E-state index in [1.165, 1.54) is 11.4 Å². The Kier molecular flexibility index (Phi) is 5.69. The summed E-state index contributed by atoms with van der Waals surface area (Å²) in [6.45, 7) is 1.90. The molecule has 0 amide bonds. The fourth-order valence-corrected chi connectivity index (χ4v) is 6.55. The third kappa shape index (κ3) is 3.52. The molecule has 3 atom stereocenters. The maximum Gasteiger partial charge on any atom is 0.324 e. The lowest BCUT2D eigenvalue weighted by atomic mass is 10.1. The molecule has 0 unspecified atom stereocenters. The molecular weight excluding hydrogens is 465 g/mol. The fraction of sp³-hybridized carbons (Fsp3) is 0.316. The first-order valence-electron chi connectivity index (χ1n) is 8.23. The van der Waals surface area contributed by atoms with Crippen molar-refractivity contribution in [2.75, 3.05) is 7.11 Å². The summed E-state index contributed by atoms with van der Waals surface area (Å²) in [7, 11) is -2.57. The zero-order chi connectivity index (χ0) is 18.9. The molecule has 1 saturated heterocycles. The van der Waals surface area contributed by atoms with E-state index in [4.69, 9.17) is 4.74 Å². The van der Waals surface area contributed by atoms with Crippen molar-refractivity contribution < 1.29 is 17.9 Å². The molecule has 0 saturated carbocycles. The van der Waals surface area contributed by atoms with Crippen LogP contribution < -0.4 is 0 Å². The highest BCUT2D eigenvalue weighted by Crippen LogP contribution is 2.44. The van der Waals surface area contributed by atoms with Gasteiger partial charge in [-0.2, -0.15) is 4.31 Å². The first-order valence-corrected chi connectivity index (χ1v) is 10.9. The van der Waals surface area contributed by atoms with Crippen molar-refractivity contribution >= 4 is 38.6 Å². The van der Waals surface area contributed by atoms with Gasteiger partial charge in [-0.3, -0.25) is 4.79 Å². The monoisotopic (exact) mass is 485 g/mol. The van der Waals surface area contributed by atoms with Gasteiger partial charge in [-0.15, -0.1) is 0 Å². The number of hydrogen-bond acceptors (Lipinski definition) is 4. The van der Waals surface area contributed by atoms with Crippen LogP contribution in [0.5, 0.6) is 0 Å². The number of hydrogen-bond donors (Lipinski definition) is 0. The van der Waals surface area contributed by atoms with E-state index in [0.717, 1.165) is 11.1 Å². The fourth-order valence-electron chi connectivity index (χ4n) is 3.29. The summed E-state index contributed by atoms with van der Waals surface area (Å²) in [5, 5.41) is 0. The lowest BCUT2D eigenvalue weighted by molar-refractivity contribution is -0.144. The number of alkyl halides is 1. The largest absolute Gasteiger partial charge is 0.468 e. The van der Waals surface area contributed by atoms with E-state index in [1.54, 1.807) is 24.3 Å². The Balaban J connectivity index is 2.13. The van der Waals surface area contributed by atoms with E-state index in [2.05, 4.69) is 22.6 Å². The summed E-state index contributed by atoms with van der Waals surface area (Å²) in [6, 6.07) is 14.9. The molecule has 138 valence electrons. The number of nitrogens with zero attached hydrogens (tertiary/aromatic N) is 1. The second-order valence-corrected chi connectivity index (χ2v) is 9.74. The zero-order valence-electron chi connectivity index (χ0n) is 14.5. The van der Waals surface area contributed by atoms with Gasteiger partial charge in [0, 0.05) is 3.92 Å². The normalized spacial score (nSPS) is 23.7. The van der Waals surface area contributed by atoms with Gasteiger partial charge in [0.05, 0.1) is 18.0 Å². The number of carbonyl (C=O) groups excluding carboxylic acids is 1. The van der Waals surface area contributed by atoms with Crippen molar-refractivity contribution in [3.63, 3.8) is 0 Å². The van der Waals surface area contributed by atoms with Gasteiger partial charge in [0.15, 0.2) is 0 Å². The number of benzene rings is 2. The topological polar surface area (TPSA) is 63.7 Å². The van der Waals surface area contributed by atoms with Crippen LogP contribution in [0.3, 0.4) is 0 Å². The molecule has 0 aromatic heterocycles. The molecule has 3 rings (SSSR count). The van der Waals surface area contributed by atoms with Gasteiger partial charge in [0.2, 0.25) is 10.0 Å². The summed E-state index contributed by atoms with van der Waals surface area (Å²) in [5.41, 5.74) is 1.84. The number of rotatable bonds is 4. The maximum absolute atomic E-state index is 13.4. The minimum absolute atomic E-state index is 0.0423. The van der Waals surface area contributed by atoms with Crippen LogP contribution in [0.2, 0.25) is 0 Å². The first-order chi connectivity index (χ1) is 12.4. The van der Waals surface area contributed by atoms with Crippen LogP contribution in [-0.4, -0.2) is 35.8 Å². The summed E-state index contributed by atoms with van der Waals surface area (Å²) in [4.78, 5) is 12.5. The van der Waals surface area contributed by atoms with Crippen LogP contribution in [0.1, 0.15) is 23.6 Å². The van der Waals surface area contributed by atoms with Gasteiger partial charge in [0.25, 0.3) is 0 Å². The van der Waals surface area contributed by atoms with Crippen LogP contribution in [0.25, 0.3) is 0 Å². The molecule has 1 aliphatic heterocycles. The van der Waals surface area contributed by atoms with E-state index < -0.39 is 28.1 Å². The Morgan fingerprint density at radius 3 is 2.31 bits per heavy atom. The van der Waals surface area contributed by atoms with Crippen LogP contribution in [0, 0.1) is 6.92 Å². The van der Waals surface area contributed by atoms with Gasteiger partial charge >= 0.3 is 5.97 Å². The van der Waals surface area contributed by atoms with Gasteiger partial charge in [0.1, 0.15) is 6.04 Å². The second kappa shape index (κ2) is 7.66. The minimum atomic E-state index is -3.86. The number of aryl methyl sites for hydroxylation is 1. The van der Waals surface area contributed by atoms with Crippen molar-refractivity contribution in [2.24, 2.45) is 0 Å². The van der Waals surface area contributed by atoms with E-state index in [1.807, 2.05) is 37.3 Å². The van der Waals surface area contributed by atoms with Crippen molar-refractivity contribution in [3.8, 4) is 0 Å². The number of methoxy groups -OCH3 is 1. The number of sulfonamides is 1.